The molecule has 0 radical (unpaired) electrons. The second kappa shape index (κ2) is 6.25. The van der Waals surface area contributed by atoms with Gasteiger partial charge in [0.25, 0.3) is 5.91 Å². The van der Waals surface area contributed by atoms with Gasteiger partial charge in [-0.1, -0.05) is 5.16 Å². The van der Waals surface area contributed by atoms with Crippen molar-refractivity contribution in [3.8, 4) is 23.3 Å². The number of furan rings is 1. The summed E-state index contributed by atoms with van der Waals surface area (Å²) in [4.78, 5) is 26.3. The summed E-state index contributed by atoms with van der Waals surface area (Å²) in [6, 6.07) is 4.95. The molecule has 3 heterocycles. The first-order valence-electron chi connectivity index (χ1n) is 6.60. The predicted octanol–water partition coefficient (Wildman–Crippen LogP) is 1.64. The third-order valence-corrected chi connectivity index (χ3v) is 3.55. The van der Waals surface area contributed by atoms with E-state index in [1.54, 1.807) is 18.2 Å². The van der Waals surface area contributed by atoms with Gasteiger partial charge in [0.2, 0.25) is 5.58 Å². The Morgan fingerprint density at radius 1 is 1.40 bits per heavy atom. The molecule has 0 spiro atoms. The number of amides is 1. The number of carboxylic acid groups (broad SMARTS) is 1. The first-order valence-corrected chi connectivity index (χ1v) is 7.39. The summed E-state index contributed by atoms with van der Waals surface area (Å²) in [5.74, 6) is -2.66. The minimum Gasteiger partial charge on any atom is -0.503 e. The van der Waals surface area contributed by atoms with Crippen LogP contribution in [0.4, 0.5) is 0 Å². The molecule has 0 fully saturated rings. The van der Waals surface area contributed by atoms with Crippen molar-refractivity contribution in [2.45, 2.75) is 0 Å². The maximum Gasteiger partial charge on any atom is 0.322 e. The van der Waals surface area contributed by atoms with Gasteiger partial charge >= 0.3 is 5.97 Å². The van der Waals surface area contributed by atoms with Crippen LogP contribution in [0, 0.1) is 11.3 Å². The number of fused-ring (bicyclic) bond motifs is 1. The van der Waals surface area contributed by atoms with Crippen LogP contribution in [0.3, 0.4) is 0 Å². The van der Waals surface area contributed by atoms with Gasteiger partial charge in [0.05, 0.1) is 5.39 Å². The summed E-state index contributed by atoms with van der Waals surface area (Å²) in [6.45, 7) is -0.679. The molecular formula is C14H7BrN4O6. The third kappa shape index (κ3) is 2.90. The monoisotopic (exact) mass is 406 g/mol. The molecular weight excluding hydrogens is 400 g/mol. The normalized spacial score (nSPS) is 10.6. The number of hydrogen-bond donors (Lipinski definition) is 3. The first kappa shape index (κ1) is 16.5. The van der Waals surface area contributed by atoms with Crippen molar-refractivity contribution in [2.24, 2.45) is 0 Å². The van der Waals surface area contributed by atoms with E-state index in [1.165, 1.54) is 0 Å². The molecule has 10 nitrogen and oxygen atoms in total. The molecule has 0 aliphatic rings. The summed E-state index contributed by atoms with van der Waals surface area (Å²) in [5, 5.41) is 34.0. The van der Waals surface area contributed by atoms with E-state index in [0.717, 1.165) is 0 Å². The van der Waals surface area contributed by atoms with Crippen molar-refractivity contribution in [2.75, 3.05) is 6.54 Å². The minimum atomic E-state index is -1.28. The molecule has 0 saturated carbocycles. The Bertz CT molecular complexity index is 1050. The van der Waals surface area contributed by atoms with Crippen molar-refractivity contribution in [1.29, 1.82) is 5.26 Å². The van der Waals surface area contributed by atoms with E-state index in [1.807, 2.05) is 5.32 Å². The fourth-order valence-electron chi connectivity index (χ4n) is 2.09. The highest BCUT2D eigenvalue weighted by Gasteiger charge is 2.26. The zero-order valence-electron chi connectivity index (χ0n) is 12.1. The number of carboxylic acids is 1. The molecule has 3 aromatic heterocycles. The molecule has 11 heteroatoms. The molecule has 0 bridgehead atoms. The average molecular weight is 407 g/mol. The van der Waals surface area contributed by atoms with Crippen LogP contribution >= 0.6 is 15.9 Å². The van der Waals surface area contributed by atoms with Gasteiger partial charge < -0.3 is 24.5 Å². The molecule has 0 saturated heterocycles. The highest BCUT2D eigenvalue weighted by Crippen LogP contribution is 2.37. The van der Waals surface area contributed by atoms with Gasteiger partial charge in [0, 0.05) is 0 Å². The molecule has 3 N–H and O–H groups in total. The SMILES string of the molecule is N#Cc1nc(C(=O)NCC(=O)O)c(O)c2onc(-c3ccc(Br)o3)c12. The van der Waals surface area contributed by atoms with Crippen LogP contribution in [-0.4, -0.2) is 38.8 Å². The second-order valence-electron chi connectivity index (χ2n) is 4.68. The maximum absolute atomic E-state index is 12.0. The number of rotatable bonds is 4. The molecule has 0 aliphatic heterocycles. The van der Waals surface area contributed by atoms with Crippen LogP contribution in [0.2, 0.25) is 0 Å². The predicted molar refractivity (Wildman–Crippen MR) is 83.6 cm³/mol. The number of hydrogen-bond acceptors (Lipinski definition) is 8. The zero-order chi connectivity index (χ0) is 18.1. The molecule has 0 aliphatic carbocycles. The van der Waals surface area contributed by atoms with Crippen molar-refractivity contribution in [3.05, 3.63) is 28.2 Å². The number of aromatic hydroxyl groups is 1. The van der Waals surface area contributed by atoms with Crippen molar-refractivity contribution < 1.29 is 28.7 Å². The quantitative estimate of drug-likeness (QED) is 0.583. The molecule has 126 valence electrons. The number of nitrogens with one attached hydrogen (secondary N) is 1. The van der Waals surface area contributed by atoms with Gasteiger partial charge in [-0.2, -0.15) is 5.26 Å². The van der Waals surface area contributed by atoms with Crippen molar-refractivity contribution >= 4 is 38.8 Å². The van der Waals surface area contributed by atoms with Gasteiger partial charge in [-0.3, -0.25) is 9.59 Å². The van der Waals surface area contributed by atoms with Gasteiger partial charge in [-0.25, -0.2) is 4.98 Å². The Morgan fingerprint density at radius 2 is 2.16 bits per heavy atom. The summed E-state index contributed by atoms with van der Waals surface area (Å²) in [7, 11) is 0. The van der Waals surface area contributed by atoms with Gasteiger partial charge in [0.15, 0.2) is 33.3 Å². The Labute approximate surface area is 146 Å². The molecule has 0 atom stereocenters. The lowest BCUT2D eigenvalue weighted by Crippen LogP contribution is -2.30. The largest absolute Gasteiger partial charge is 0.503 e. The fraction of sp³-hybridized carbons (Fsp3) is 0.0714. The molecule has 0 unspecified atom stereocenters. The Hall–Kier alpha value is -3.39. The lowest BCUT2D eigenvalue weighted by atomic mass is 10.1. The lowest BCUT2D eigenvalue weighted by molar-refractivity contribution is -0.135. The van der Waals surface area contributed by atoms with Crippen LogP contribution in [0.25, 0.3) is 22.4 Å². The fourth-order valence-corrected chi connectivity index (χ4v) is 2.39. The van der Waals surface area contributed by atoms with Gasteiger partial charge in [-0.15, -0.1) is 0 Å². The highest BCUT2D eigenvalue weighted by molar-refractivity contribution is 9.10. The van der Waals surface area contributed by atoms with E-state index in [2.05, 4.69) is 26.1 Å². The number of halogens is 1. The van der Waals surface area contributed by atoms with E-state index in [9.17, 15) is 20.0 Å². The smallest absolute Gasteiger partial charge is 0.322 e. The summed E-state index contributed by atoms with van der Waals surface area (Å²) < 4.78 is 10.8. The number of nitriles is 1. The second-order valence-corrected chi connectivity index (χ2v) is 5.47. The van der Waals surface area contributed by atoms with E-state index >= 15 is 0 Å². The van der Waals surface area contributed by atoms with Crippen LogP contribution < -0.4 is 5.32 Å². The number of pyridine rings is 1. The topological polar surface area (TPSA) is 162 Å². The average Bonchev–Trinajstić information content (AvgIpc) is 3.19. The summed E-state index contributed by atoms with van der Waals surface area (Å²) in [5.41, 5.74) is -0.905. The number of aromatic nitrogens is 2. The molecule has 0 aromatic carbocycles. The van der Waals surface area contributed by atoms with Crippen molar-refractivity contribution in [3.63, 3.8) is 0 Å². The zero-order valence-corrected chi connectivity index (χ0v) is 13.7. The number of nitrogens with zero attached hydrogens (tertiary/aromatic N) is 3. The summed E-state index contributed by atoms with van der Waals surface area (Å²) in [6.07, 6.45) is 0. The Kier molecular flexibility index (Phi) is 4.12. The first-order chi connectivity index (χ1) is 11.9. The molecule has 3 rings (SSSR count). The molecule has 1 amide bonds. The lowest BCUT2D eigenvalue weighted by Gasteiger charge is -2.05. The summed E-state index contributed by atoms with van der Waals surface area (Å²) >= 11 is 3.14. The van der Waals surface area contributed by atoms with E-state index in [4.69, 9.17) is 14.0 Å². The Balaban J connectivity index is 2.16. The highest BCUT2D eigenvalue weighted by atomic mass is 79.9. The molecule has 3 aromatic rings. The Morgan fingerprint density at radius 3 is 2.76 bits per heavy atom. The van der Waals surface area contributed by atoms with Crippen molar-refractivity contribution in [1.82, 2.24) is 15.5 Å². The minimum absolute atomic E-state index is 0.0663. The van der Waals surface area contributed by atoms with E-state index in [-0.39, 0.29) is 28.1 Å². The molecule has 25 heavy (non-hydrogen) atoms. The van der Waals surface area contributed by atoms with Crippen LogP contribution in [0.15, 0.2) is 25.7 Å². The van der Waals surface area contributed by atoms with Crippen LogP contribution in [-0.2, 0) is 4.79 Å². The number of carbonyl (C=O) groups is 2. The van der Waals surface area contributed by atoms with E-state index < -0.39 is 29.9 Å². The van der Waals surface area contributed by atoms with E-state index in [0.29, 0.717) is 4.67 Å². The van der Waals surface area contributed by atoms with Crippen LogP contribution in [0.5, 0.6) is 5.75 Å². The number of carbonyl (C=O) groups excluding carboxylic acids is 1. The van der Waals surface area contributed by atoms with Gasteiger partial charge in [0.1, 0.15) is 12.6 Å². The standard InChI is InChI=1S/C14H7BrN4O6/c15-7-2-1-6(24-7)10-9-5(3-16)18-11(12(22)13(9)25-19-10)14(23)17-4-8(20)21/h1-2,22H,4H2,(H,17,23)(H,20,21). The van der Waals surface area contributed by atoms with Gasteiger partial charge in [-0.05, 0) is 28.1 Å². The third-order valence-electron chi connectivity index (χ3n) is 3.12. The maximum atomic E-state index is 12.0. The van der Waals surface area contributed by atoms with Crippen LogP contribution in [0.1, 0.15) is 16.2 Å². The number of aliphatic carboxylic acids is 1.